The minimum Gasteiger partial charge on any atom is -0.469 e. The fourth-order valence-corrected chi connectivity index (χ4v) is 3.19. The summed E-state index contributed by atoms with van der Waals surface area (Å²) in [5.74, 6) is 0.237. The highest BCUT2D eigenvalue weighted by Gasteiger charge is 2.29. The van der Waals surface area contributed by atoms with Crippen molar-refractivity contribution in [1.29, 1.82) is 0 Å². The molecule has 1 aliphatic carbocycles. The maximum Gasteiger partial charge on any atom is 0.392 e. The van der Waals surface area contributed by atoms with Crippen LogP contribution in [0.1, 0.15) is 43.2 Å². The van der Waals surface area contributed by atoms with E-state index in [-0.39, 0.29) is 23.6 Å². The van der Waals surface area contributed by atoms with Gasteiger partial charge in [-0.15, -0.1) is 0 Å². The van der Waals surface area contributed by atoms with Crippen LogP contribution >= 0.6 is 11.6 Å². The first-order chi connectivity index (χ1) is 12.5. The number of aromatic nitrogens is 2. The number of rotatable bonds is 5. The van der Waals surface area contributed by atoms with Crippen LogP contribution in [-0.4, -0.2) is 21.0 Å². The molecule has 8 heteroatoms. The molecule has 0 radical (unpaired) electrons. The molecule has 0 atom stereocenters. The summed E-state index contributed by atoms with van der Waals surface area (Å²) in [5, 5.41) is 12.2. The zero-order chi connectivity index (χ0) is 18.7. The minimum atomic E-state index is -0.566. The monoisotopic (exact) mass is 377 g/mol. The molecular weight excluding hydrogens is 358 g/mol. The third kappa shape index (κ3) is 4.04. The summed E-state index contributed by atoms with van der Waals surface area (Å²) >= 11 is 6.16. The summed E-state index contributed by atoms with van der Waals surface area (Å²) in [6.45, 7) is 3.68. The van der Waals surface area contributed by atoms with E-state index in [2.05, 4.69) is 9.97 Å². The Morgan fingerprint density at radius 2 is 1.73 bits per heavy atom. The summed E-state index contributed by atoms with van der Waals surface area (Å²) in [4.78, 5) is 19.0. The zero-order valence-corrected chi connectivity index (χ0v) is 15.5. The Balaban J connectivity index is 1.91. The fourth-order valence-electron chi connectivity index (χ4n) is 3.08. The maximum atomic E-state index is 11.6. The molecule has 0 N–H and O–H groups in total. The van der Waals surface area contributed by atoms with Crippen LogP contribution in [0.2, 0.25) is 5.02 Å². The van der Waals surface area contributed by atoms with E-state index in [0.29, 0.717) is 10.8 Å². The largest absolute Gasteiger partial charge is 0.469 e. The number of hydrogen-bond donors (Lipinski definition) is 0. The van der Waals surface area contributed by atoms with Gasteiger partial charge in [0.15, 0.2) is 0 Å². The van der Waals surface area contributed by atoms with Gasteiger partial charge in [-0.05, 0) is 62.8 Å². The van der Waals surface area contributed by atoms with Crippen LogP contribution in [0, 0.1) is 24.0 Å². The maximum absolute atomic E-state index is 11.6. The van der Waals surface area contributed by atoms with Crippen LogP contribution in [0.3, 0.4) is 0 Å². The van der Waals surface area contributed by atoms with Crippen molar-refractivity contribution in [2.75, 3.05) is 0 Å². The Hall–Kier alpha value is -2.41. The van der Waals surface area contributed by atoms with E-state index in [4.69, 9.17) is 21.1 Å². The minimum absolute atomic E-state index is 0.0469. The Morgan fingerprint density at radius 1 is 1.12 bits per heavy atom. The van der Waals surface area contributed by atoms with E-state index in [1.165, 1.54) is 6.33 Å². The summed E-state index contributed by atoms with van der Waals surface area (Å²) in [6, 6.07) is 3.42. The van der Waals surface area contributed by atoms with Crippen molar-refractivity contribution in [3.05, 3.63) is 44.7 Å². The molecule has 3 rings (SSSR count). The molecule has 0 unspecified atom stereocenters. The second-order valence-corrected chi connectivity index (χ2v) is 6.82. The summed E-state index contributed by atoms with van der Waals surface area (Å²) in [6.07, 6.45) is 6.16. The Kier molecular flexibility index (Phi) is 5.56. The van der Waals surface area contributed by atoms with Crippen LogP contribution in [0.5, 0.6) is 17.5 Å². The number of benzene rings is 1. The molecule has 1 aromatic heterocycles. The first-order valence-electron chi connectivity index (χ1n) is 8.56. The molecule has 26 heavy (non-hydrogen) atoms. The molecule has 0 saturated heterocycles. The van der Waals surface area contributed by atoms with E-state index in [1.54, 1.807) is 12.1 Å². The first kappa shape index (κ1) is 18.4. The number of nitro groups is 1. The molecule has 0 amide bonds. The van der Waals surface area contributed by atoms with Gasteiger partial charge < -0.3 is 9.47 Å². The summed E-state index contributed by atoms with van der Waals surface area (Å²) in [7, 11) is 0. The highest BCUT2D eigenvalue weighted by Crippen LogP contribution is 2.38. The lowest BCUT2D eigenvalue weighted by molar-refractivity contribution is -0.387. The normalized spacial score (nSPS) is 14.9. The average molecular weight is 378 g/mol. The highest BCUT2D eigenvalue weighted by atomic mass is 35.5. The fraction of sp³-hybridized carbons (Fsp3) is 0.444. The smallest absolute Gasteiger partial charge is 0.392 e. The van der Waals surface area contributed by atoms with E-state index in [9.17, 15) is 10.1 Å². The third-order valence-corrected chi connectivity index (χ3v) is 4.99. The molecule has 1 fully saturated rings. The van der Waals surface area contributed by atoms with Gasteiger partial charge in [0.2, 0.25) is 0 Å². The molecule has 0 spiro atoms. The van der Waals surface area contributed by atoms with Crippen molar-refractivity contribution in [2.45, 2.75) is 52.1 Å². The molecule has 1 saturated carbocycles. The average Bonchev–Trinajstić information content (AvgIpc) is 2.60. The van der Waals surface area contributed by atoms with Crippen molar-refractivity contribution in [3.63, 3.8) is 0 Å². The van der Waals surface area contributed by atoms with Crippen LogP contribution in [0.25, 0.3) is 0 Å². The van der Waals surface area contributed by atoms with Gasteiger partial charge in [0, 0.05) is 5.02 Å². The van der Waals surface area contributed by atoms with Crippen molar-refractivity contribution >= 4 is 17.3 Å². The topological polar surface area (TPSA) is 87.4 Å². The summed E-state index contributed by atoms with van der Waals surface area (Å²) in [5.41, 5.74) is 1.28. The number of aryl methyl sites for hydroxylation is 2. The number of ether oxygens (including phenoxy) is 2. The van der Waals surface area contributed by atoms with Crippen molar-refractivity contribution in [1.82, 2.24) is 9.97 Å². The van der Waals surface area contributed by atoms with E-state index >= 15 is 0 Å². The molecule has 0 bridgehead atoms. The van der Waals surface area contributed by atoms with Gasteiger partial charge in [0.1, 0.15) is 18.2 Å². The first-order valence-corrected chi connectivity index (χ1v) is 8.94. The van der Waals surface area contributed by atoms with Crippen molar-refractivity contribution < 1.29 is 14.4 Å². The van der Waals surface area contributed by atoms with Crippen LogP contribution in [0.4, 0.5) is 5.69 Å². The van der Waals surface area contributed by atoms with Gasteiger partial charge in [0.05, 0.1) is 4.92 Å². The second kappa shape index (κ2) is 7.86. The number of nitrogens with zero attached hydrogens (tertiary/aromatic N) is 3. The van der Waals surface area contributed by atoms with Crippen molar-refractivity contribution in [3.8, 4) is 17.5 Å². The van der Waals surface area contributed by atoms with Crippen molar-refractivity contribution in [2.24, 2.45) is 0 Å². The van der Waals surface area contributed by atoms with Crippen LogP contribution < -0.4 is 9.47 Å². The predicted octanol–water partition coefficient (Wildman–Crippen LogP) is 5.16. The second-order valence-electron chi connectivity index (χ2n) is 6.44. The predicted molar refractivity (Wildman–Crippen MR) is 97.2 cm³/mol. The number of hydrogen-bond acceptors (Lipinski definition) is 6. The van der Waals surface area contributed by atoms with Gasteiger partial charge in [-0.1, -0.05) is 18.0 Å². The molecule has 2 aromatic rings. The number of halogens is 1. The van der Waals surface area contributed by atoms with Crippen LogP contribution in [0.15, 0.2) is 18.5 Å². The van der Waals surface area contributed by atoms with Gasteiger partial charge in [0.25, 0.3) is 0 Å². The highest BCUT2D eigenvalue weighted by molar-refractivity contribution is 6.32. The molecule has 1 aromatic carbocycles. The van der Waals surface area contributed by atoms with E-state index in [0.717, 1.165) is 43.2 Å². The molecule has 138 valence electrons. The Morgan fingerprint density at radius 3 is 2.35 bits per heavy atom. The van der Waals surface area contributed by atoms with Gasteiger partial charge in [-0.3, -0.25) is 10.1 Å². The zero-order valence-electron chi connectivity index (χ0n) is 14.7. The quantitative estimate of drug-likeness (QED) is 0.528. The van der Waals surface area contributed by atoms with Crippen LogP contribution in [-0.2, 0) is 0 Å². The molecule has 1 heterocycles. The molecule has 7 nitrogen and oxygen atoms in total. The van der Waals surface area contributed by atoms with Gasteiger partial charge in [-0.25, -0.2) is 0 Å². The lowest BCUT2D eigenvalue weighted by Gasteiger charge is -2.22. The molecule has 1 aliphatic rings. The van der Waals surface area contributed by atoms with E-state index in [1.807, 2.05) is 13.8 Å². The summed E-state index contributed by atoms with van der Waals surface area (Å²) < 4.78 is 11.5. The Labute approximate surface area is 156 Å². The third-order valence-electron chi connectivity index (χ3n) is 4.39. The van der Waals surface area contributed by atoms with Gasteiger partial charge in [-0.2, -0.15) is 9.97 Å². The standard InChI is InChI=1S/C18H20ClN3O4/c1-11-8-14(9-12(2)15(11)19)26-18-16(22(23)24)17(20-10-21-18)25-13-6-4-3-5-7-13/h8-10,13H,3-7H2,1-2H3. The SMILES string of the molecule is Cc1cc(Oc2ncnc(OC3CCCCC3)c2[N+](=O)[O-])cc(C)c1Cl. The lowest BCUT2D eigenvalue weighted by Crippen LogP contribution is -2.21. The molecule has 0 aliphatic heterocycles. The van der Waals surface area contributed by atoms with Gasteiger partial charge >= 0.3 is 17.4 Å². The van der Waals surface area contributed by atoms with E-state index < -0.39 is 4.92 Å². The Bertz CT molecular complexity index is 799. The molecular formula is C18H20ClN3O4. The lowest BCUT2D eigenvalue weighted by atomic mass is 9.98.